The summed E-state index contributed by atoms with van der Waals surface area (Å²) in [7, 11) is 0. The first-order valence-electron chi connectivity index (χ1n) is 9.45. The normalized spacial score (nSPS) is 12.2. The highest BCUT2D eigenvalue weighted by atomic mass is 35.5. The summed E-state index contributed by atoms with van der Waals surface area (Å²) in [5.74, 6) is -0.393. The second kappa shape index (κ2) is 9.15. The molecule has 2 rings (SSSR count). The minimum atomic E-state index is -0.667. The van der Waals surface area contributed by atoms with Gasteiger partial charge < -0.3 is 9.84 Å². The molecular weight excluding hydrogens is 465 g/mol. The number of esters is 1. The summed E-state index contributed by atoms with van der Waals surface area (Å²) in [5.41, 5.74) is 0.938. The first-order chi connectivity index (χ1) is 13.7. The number of phenolic OH excluding ortho intramolecular Hbond substituents is 1. The fourth-order valence-electron chi connectivity index (χ4n) is 2.85. The molecule has 1 N–H and O–H groups in total. The molecule has 1 heterocycles. The van der Waals surface area contributed by atoms with E-state index in [1.54, 1.807) is 6.92 Å². The van der Waals surface area contributed by atoms with Crippen molar-refractivity contribution in [1.29, 1.82) is 0 Å². The number of carbonyl (C=O) groups excluding carboxylic acids is 1. The maximum Gasteiger partial charge on any atom is 0.358 e. The van der Waals surface area contributed by atoms with Gasteiger partial charge in [0, 0.05) is 16.0 Å². The zero-order chi connectivity index (χ0) is 23.0. The molecule has 164 valence electrons. The average molecular weight is 491 g/mol. The minimum absolute atomic E-state index is 0.0301. The van der Waals surface area contributed by atoms with Gasteiger partial charge in [-0.2, -0.15) is 0 Å². The van der Waals surface area contributed by atoms with Crippen LogP contribution in [0.25, 0.3) is 0 Å². The second-order valence-corrected chi connectivity index (χ2v) is 11.1. The lowest BCUT2D eigenvalue weighted by molar-refractivity contribution is 0.0519. The fraction of sp³-hybridized carbons (Fsp3) is 0.455. The molecule has 2 aromatic rings. The van der Waals surface area contributed by atoms with Crippen molar-refractivity contribution >= 4 is 52.5 Å². The maximum atomic E-state index is 12.2. The molecule has 0 aliphatic heterocycles. The van der Waals surface area contributed by atoms with Crippen LogP contribution in [0.15, 0.2) is 21.9 Å². The predicted octanol–water partition coefficient (Wildman–Crippen LogP) is 7.67. The van der Waals surface area contributed by atoms with Crippen LogP contribution in [0.1, 0.15) is 70.1 Å². The van der Waals surface area contributed by atoms with Crippen LogP contribution in [-0.4, -0.2) is 22.7 Å². The summed E-state index contributed by atoms with van der Waals surface area (Å²) in [6, 6.07) is 3.81. The lowest BCUT2D eigenvalue weighted by atomic mass is 9.79. The molecule has 0 unspecified atom stereocenters. The van der Waals surface area contributed by atoms with Gasteiger partial charge in [0.15, 0.2) is 5.69 Å². The molecule has 0 radical (unpaired) electrons. The number of hydrogen-bond acceptors (Lipinski definition) is 5. The Hall–Kier alpha value is -1.14. The smallest absolute Gasteiger partial charge is 0.358 e. The molecule has 8 heteroatoms. The summed E-state index contributed by atoms with van der Waals surface area (Å²) < 4.78 is 5.02. The molecular formula is C22H26Cl3NO3S. The van der Waals surface area contributed by atoms with Crippen LogP contribution in [0.5, 0.6) is 5.75 Å². The Kier molecular flexibility index (Phi) is 7.67. The topological polar surface area (TPSA) is 59.4 Å². The van der Waals surface area contributed by atoms with E-state index in [1.807, 2.05) is 53.7 Å². The molecule has 4 nitrogen and oxygen atoms in total. The highest BCUT2D eigenvalue weighted by Gasteiger charge is 2.28. The van der Waals surface area contributed by atoms with Crippen LogP contribution in [0.4, 0.5) is 0 Å². The quantitative estimate of drug-likeness (QED) is 0.352. The van der Waals surface area contributed by atoms with E-state index in [0.717, 1.165) is 16.0 Å². The van der Waals surface area contributed by atoms with E-state index in [1.165, 1.54) is 11.8 Å². The molecule has 0 atom stereocenters. The molecule has 0 amide bonds. The van der Waals surface area contributed by atoms with Crippen molar-refractivity contribution in [3.8, 4) is 5.75 Å². The van der Waals surface area contributed by atoms with Crippen molar-refractivity contribution in [2.45, 2.75) is 69.1 Å². The highest BCUT2D eigenvalue weighted by Crippen LogP contribution is 2.47. The van der Waals surface area contributed by atoms with Gasteiger partial charge in [-0.1, -0.05) is 88.1 Å². The molecule has 30 heavy (non-hydrogen) atoms. The van der Waals surface area contributed by atoms with Gasteiger partial charge in [0.2, 0.25) is 0 Å². The first-order valence-corrected chi connectivity index (χ1v) is 11.4. The van der Waals surface area contributed by atoms with Crippen LogP contribution in [-0.2, 0) is 15.6 Å². The van der Waals surface area contributed by atoms with Gasteiger partial charge >= 0.3 is 5.97 Å². The van der Waals surface area contributed by atoms with Crippen molar-refractivity contribution in [2.24, 2.45) is 0 Å². The van der Waals surface area contributed by atoms with Crippen LogP contribution in [0.2, 0.25) is 15.2 Å². The standard InChI is InChI=1S/C22H26Cl3NO3S/c1-8-29-20(28)16-14(23)18(15(24)19(25)26-16)30-11-9-12(21(2,3)4)17(27)13(10-11)22(5,6)7/h9-10,27H,8H2,1-7H3. The van der Waals surface area contributed by atoms with E-state index in [0.29, 0.717) is 4.90 Å². The maximum absolute atomic E-state index is 12.2. The summed E-state index contributed by atoms with van der Waals surface area (Å²) in [6.45, 7) is 14.1. The number of phenols is 1. The lowest BCUT2D eigenvalue weighted by Crippen LogP contribution is -2.17. The zero-order valence-corrected chi connectivity index (χ0v) is 21.2. The molecule has 1 aromatic heterocycles. The van der Waals surface area contributed by atoms with E-state index in [-0.39, 0.29) is 44.1 Å². The molecule has 0 aliphatic rings. The second-order valence-electron chi connectivity index (χ2n) is 8.90. The van der Waals surface area contributed by atoms with Gasteiger partial charge in [-0.3, -0.25) is 0 Å². The fourth-order valence-corrected chi connectivity index (χ4v) is 4.67. The number of hydrogen-bond donors (Lipinski definition) is 1. The molecule has 0 fully saturated rings. The molecule has 0 spiro atoms. The van der Waals surface area contributed by atoms with Gasteiger partial charge in [0.25, 0.3) is 0 Å². The van der Waals surface area contributed by atoms with Gasteiger partial charge in [0.1, 0.15) is 10.9 Å². The molecule has 0 saturated carbocycles. The predicted molar refractivity (Wildman–Crippen MR) is 125 cm³/mol. The summed E-state index contributed by atoms with van der Waals surface area (Å²) in [5, 5.41) is 11.1. The van der Waals surface area contributed by atoms with E-state index in [4.69, 9.17) is 39.5 Å². The van der Waals surface area contributed by atoms with Crippen LogP contribution >= 0.6 is 46.6 Å². The summed E-state index contributed by atoms with van der Waals surface area (Å²) in [6.07, 6.45) is 0. The lowest BCUT2D eigenvalue weighted by Gasteiger charge is -2.28. The van der Waals surface area contributed by atoms with Crippen molar-refractivity contribution in [1.82, 2.24) is 4.98 Å². The van der Waals surface area contributed by atoms with E-state index >= 15 is 0 Å². The Balaban J connectivity index is 2.69. The zero-order valence-electron chi connectivity index (χ0n) is 18.1. The SMILES string of the molecule is CCOC(=O)c1nc(Cl)c(Cl)c(Sc2cc(C(C)(C)C)c(O)c(C(C)(C)C)c2)c1Cl. The highest BCUT2D eigenvalue weighted by molar-refractivity contribution is 7.99. The largest absolute Gasteiger partial charge is 0.507 e. The Labute approximate surface area is 197 Å². The van der Waals surface area contributed by atoms with E-state index in [9.17, 15) is 9.90 Å². The Bertz CT molecular complexity index is 944. The Morgan fingerprint density at radius 3 is 1.97 bits per heavy atom. The molecule has 0 aliphatic carbocycles. The monoisotopic (exact) mass is 489 g/mol. The van der Waals surface area contributed by atoms with Crippen molar-refractivity contribution in [3.63, 3.8) is 0 Å². The number of carbonyl (C=O) groups is 1. The molecule has 0 saturated heterocycles. The van der Waals surface area contributed by atoms with Crippen molar-refractivity contribution in [3.05, 3.63) is 44.2 Å². The number of aromatic nitrogens is 1. The van der Waals surface area contributed by atoms with Gasteiger partial charge in [-0.25, -0.2) is 9.78 Å². The third kappa shape index (κ3) is 5.37. The molecule has 1 aromatic carbocycles. The first kappa shape index (κ1) is 25.1. The van der Waals surface area contributed by atoms with Crippen LogP contribution in [0.3, 0.4) is 0 Å². The van der Waals surface area contributed by atoms with Gasteiger partial charge in [0.05, 0.1) is 21.5 Å². The van der Waals surface area contributed by atoms with Crippen molar-refractivity contribution < 1.29 is 14.6 Å². The van der Waals surface area contributed by atoms with Crippen LogP contribution in [0, 0.1) is 0 Å². The average Bonchev–Trinajstić information content (AvgIpc) is 2.61. The number of ether oxygens (including phenoxy) is 1. The Morgan fingerprint density at radius 1 is 1.03 bits per heavy atom. The van der Waals surface area contributed by atoms with E-state index in [2.05, 4.69) is 4.98 Å². The Morgan fingerprint density at radius 2 is 1.53 bits per heavy atom. The third-order valence-corrected chi connectivity index (χ3v) is 6.80. The number of halogens is 3. The summed E-state index contributed by atoms with van der Waals surface area (Å²) >= 11 is 20.3. The summed E-state index contributed by atoms with van der Waals surface area (Å²) in [4.78, 5) is 17.4. The number of benzene rings is 1. The van der Waals surface area contributed by atoms with Crippen LogP contribution < -0.4 is 0 Å². The van der Waals surface area contributed by atoms with E-state index < -0.39 is 5.97 Å². The van der Waals surface area contributed by atoms with Gasteiger partial charge in [-0.15, -0.1) is 0 Å². The molecule has 0 bridgehead atoms. The third-order valence-electron chi connectivity index (χ3n) is 4.39. The minimum Gasteiger partial charge on any atom is -0.507 e. The van der Waals surface area contributed by atoms with Crippen molar-refractivity contribution in [2.75, 3.05) is 6.61 Å². The number of aromatic hydroxyl groups is 1. The van der Waals surface area contributed by atoms with Gasteiger partial charge in [-0.05, 0) is 29.9 Å². The number of nitrogens with zero attached hydrogens (tertiary/aromatic N) is 1. The number of pyridine rings is 1. The number of rotatable bonds is 4.